The second kappa shape index (κ2) is 12.1. The van der Waals surface area contributed by atoms with Gasteiger partial charge in [0, 0.05) is 30.4 Å². The third kappa shape index (κ3) is 8.25. The summed E-state index contributed by atoms with van der Waals surface area (Å²) in [5, 5.41) is 23.0. The zero-order valence-electron chi connectivity index (χ0n) is 14.4. The Morgan fingerprint density at radius 2 is 2.24 bits per heavy atom. The molecule has 3 N–H and O–H groups in total. The molecule has 140 valence electrons. The maximum Gasteiger partial charge on any atom is 0.191 e. The number of rotatable bonds is 9. The van der Waals surface area contributed by atoms with Crippen molar-refractivity contribution in [2.45, 2.75) is 30.2 Å². The normalized spacial score (nSPS) is 13.8. The molecule has 0 aliphatic carbocycles. The van der Waals surface area contributed by atoms with Crippen LogP contribution in [0.5, 0.6) is 0 Å². The SMILES string of the molecule is CCNC(=NCC(C)(O)c1ccsc1)NCCCSc1nccs1.I. The van der Waals surface area contributed by atoms with E-state index >= 15 is 0 Å². The minimum atomic E-state index is -0.941. The first-order valence-electron chi connectivity index (χ1n) is 7.91. The van der Waals surface area contributed by atoms with Crippen molar-refractivity contribution in [2.75, 3.05) is 25.4 Å². The summed E-state index contributed by atoms with van der Waals surface area (Å²) >= 11 is 5.03. The van der Waals surface area contributed by atoms with Gasteiger partial charge in [0.25, 0.3) is 0 Å². The van der Waals surface area contributed by atoms with Gasteiger partial charge in [0.1, 0.15) is 9.94 Å². The van der Waals surface area contributed by atoms with E-state index in [4.69, 9.17) is 0 Å². The van der Waals surface area contributed by atoms with Gasteiger partial charge in [0.15, 0.2) is 5.96 Å². The summed E-state index contributed by atoms with van der Waals surface area (Å²) in [6, 6.07) is 1.94. The van der Waals surface area contributed by atoms with E-state index in [1.165, 1.54) is 0 Å². The second-order valence-corrected chi connectivity index (χ2v) is 8.42. The maximum absolute atomic E-state index is 10.5. The van der Waals surface area contributed by atoms with Crippen LogP contribution in [0.4, 0.5) is 0 Å². The number of thioether (sulfide) groups is 1. The molecule has 0 aromatic carbocycles. The molecule has 0 radical (unpaired) electrons. The molecule has 0 bridgehead atoms. The fourth-order valence-corrected chi connectivity index (χ4v) is 4.39. The fourth-order valence-electron chi connectivity index (χ4n) is 1.96. The van der Waals surface area contributed by atoms with Crippen LogP contribution in [0.1, 0.15) is 25.8 Å². The molecule has 5 nitrogen and oxygen atoms in total. The van der Waals surface area contributed by atoms with Crippen molar-refractivity contribution in [3.05, 3.63) is 34.0 Å². The summed E-state index contributed by atoms with van der Waals surface area (Å²) < 4.78 is 1.11. The molecule has 0 spiro atoms. The van der Waals surface area contributed by atoms with Crippen molar-refractivity contribution in [3.8, 4) is 0 Å². The van der Waals surface area contributed by atoms with Gasteiger partial charge in [-0.1, -0.05) is 11.8 Å². The van der Waals surface area contributed by atoms with Crippen LogP contribution in [0.2, 0.25) is 0 Å². The standard InChI is InChI=1S/C16H24N4OS3.HI/c1-3-17-14(18-6-4-8-23-15-19-7-10-24-15)20-12-16(2,21)13-5-9-22-11-13;/h5,7,9-11,21H,3-4,6,8,12H2,1-2H3,(H2,17,18,20);1H. The number of hydrogen-bond acceptors (Lipinski definition) is 6. The highest BCUT2D eigenvalue weighted by molar-refractivity contribution is 14.0. The Hall–Kier alpha value is -0.360. The van der Waals surface area contributed by atoms with E-state index in [-0.39, 0.29) is 24.0 Å². The predicted molar refractivity (Wildman–Crippen MR) is 121 cm³/mol. The van der Waals surface area contributed by atoms with Crippen LogP contribution < -0.4 is 10.6 Å². The van der Waals surface area contributed by atoms with Crippen LogP contribution in [0.25, 0.3) is 0 Å². The molecular formula is C16H25IN4OS3. The number of aromatic nitrogens is 1. The summed E-state index contributed by atoms with van der Waals surface area (Å²) in [4.78, 5) is 8.78. The average Bonchev–Trinajstić information content (AvgIpc) is 3.25. The molecule has 2 heterocycles. The molecule has 0 fully saturated rings. The van der Waals surface area contributed by atoms with Crippen molar-refractivity contribution < 1.29 is 5.11 Å². The predicted octanol–water partition coefficient (Wildman–Crippen LogP) is 3.77. The molecule has 25 heavy (non-hydrogen) atoms. The van der Waals surface area contributed by atoms with Gasteiger partial charge in [-0.2, -0.15) is 11.3 Å². The zero-order chi connectivity index (χ0) is 17.3. The average molecular weight is 513 g/mol. The van der Waals surface area contributed by atoms with Crippen LogP contribution in [0.3, 0.4) is 0 Å². The molecule has 0 saturated heterocycles. The van der Waals surface area contributed by atoms with E-state index in [1.807, 2.05) is 35.3 Å². The Morgan fingerprint density at radius 3 is 2.88 bits per heavy atom. The lowest BCUT2D eigenvalue weighted by atomic mass is 10.00. The summed E-state index contributed by atoms with van der Waals surface area (Å²) in [5.41, 5.74) is -0.0322. The summed E-state index contributed by atoms with van der Waals surface area (Å²) in [7, 11) is 0. The van der Waals surface area contributed by atoms with Crippen LogP contribution in [-0.4, -0.2) is 41.4 Å². The lowest BCUT2D eigenvalue weighted by Gasteiger charge is -2.21. The lowest BCUT2D eigenvalue weighted by Crippen LogP contribution is -2.39. The van der Waals surface area contributed by atoms with Crippen LogP contribution in [-0.2, 0) is 5.60 Å². The van der Waals surface area contributed by atoms with E-state index in [0.29, 0.717) is 6.54 Å². The van der Waals surface area contributed by atoms with Crippen molar-refractivity contribution in [2.24, 2.45) is 4.99 Å². The number of nitrogens with zero attached hydrogens (tertiary/aromatic N) is 2. The molecule has 2 rings (SSSR count). The number of thiazole rings is 1. The van der Waals surface area contributed by atoms with E-state index in [1.54, 1.807) is 41.4 Å². The van der Waals surface area contributed by atoms with Crippen LogP contribution in [0, 0.1) is 0 Å². The molecule has 0 amide bonds. The van der Waals surface area contributed by atoms with Crippen LogP contribution >= 0.6 is 58.4 Å². The fraction of sp³-hybridized carbons (Fsp3) is 0.500. The minimum Gasteiger partial charge on any atom is -0.383 e. The molecule has 9 heteroatoms. The lowest BCUT2D eigenvalue weighted by molar-refractivity contribution is 0.0677. The third-order valence-electron chi connectivity index (χ3n) is 3.28. The van der Waals surface area contributed by atoms with Gasteiger partial charge in [-0.05, 0) is 42.7 Å². The van der Waals surface area contributed by atoms with E-state index in [0.717, 1.165) is 41.1 Å². The molecule has 2 aromatic rings. The molecule has 1 unspecified atom stereocenters. The minimum absolute atomic E-state index is 0. The van der Waals surface area contributed by atoms with E-state index < -0.39 is 5.60 Å². The molecule has 0 saturated carbocycles. The van der Waals surface area contributed by atoms with Gasteiger partial charge < -0.3 is 15.7 Å². The first-order chi connectivity index (χ1) is 11.6. The van der Waals surface area contributed by atoms with Gasteiger partial charge in [0.05, 0.1) is 6.54 Å². The highest BCUT2D eigenvalue weighted by Crippen LogP contribution is 2.23. The summed E-state index contributed by atoms with van der Waals surface area (Å²) in [6.07, 6.45) is 2.86. The molecule has 2 aromatic heterocycles. The first kappa shape index (κ1) is 22.7. The third-order valence-corrected chi connectivity index (χ3v) is 6.02. The Bertz CT molecular complexity index is 603. The number of hydrogen-bond donors (Lipinski definition) is 3. The summed E-state index contributed by atoms with van der Waals surface area (Å²) in [6.45, 7) is 5.79. The maximum atomic E-state index is 10.5. The number of aliphatic hydroxyl groups is 1. The highest BCUT2D eigenvalue weighted by atomic mass is 127. The quantitative estimate of drug-likeness (QED) is 0.157. The van der Waals surface area contributed by atoms with Crippen molar-refractivity contribution in [1.82, 2.24) is 15.6 Å². The number of aliphatic imine (C=N–C) groups is 1. The Kier molecular flexibility index (Phi) is 11.0. The van der Waals surface area contributed by atoms with Gasteiger partial charge in [0.2, 0.25) is 0 Å². The molecular weight excluding hydrogens is 487 g/mol. The highest BCUT2D eigenvalue weighted by Gasteiger charge is 2.23. The number of halogens is 1. The Balaban J connectivity index is 0.00000312. The number of nitrogens with one attached hydrogen (secondary N) is 2. The smallest absolute Gasteiger partial charge is 0.191 e. The largest absolute Gasteiger partial charge is 0.383 e. The van der Waals surface area contributed by atoms with Crippen molar-refractivity contribution in [1.29, 1.82) is 0 Å². The van der Waals surface area contributed by atoms with E-state index in [9.17, 15) is 5.11 Å². The first-order valence-corrected chi connectivity index (χ1v) is 10.7. The van der Waals surface area contributed by atoms with Crippen molar-refractivity contribution in [3.63, 3.8) is 0 Å². The van der Waals surface area contributed by atoms with Gasteiger partial charge >= 0.3 is 0 Å². The van der Waals surface area contributed by atoms with E-state index in [2.05, 4.69) is 20.6 Å². The molecule has 0 aliphatic heterocycles. The van der Waals surface area contributed by atoms with Gasteiger partial charge in [-0.3, -0.25) is 0 Å². The number of guanidine groups is 1. The van der Waals surface area contributed by atoms with Crippen LogP contribution in [0.15, 0.2) is 37.7 Å². The zero-order valence-corrected chi connectivity index (χ0v) is 19.2. The topological polar surface area (TPSA) is 69.5 Å². The monoisotopic (exact) mass is 512 g/mol. The van der Waals surface area contributed by atoms with Crippen molar-refractivity contribution >= 4 is 64.4 Å². The van der Waals surface area contributed by atoms with Gasteiger partial charge in [-0.15, -0.1) is 35.3 Å². The van der Waals surface area contributed by atoms with Gasteiger partial charge in [-0.25, -0.2) is 9.98 Å². The molecule has 0 aliphatic rings. The Labute approximate surface area is 178 Å². The Morgan fingerprint density at radius 1 is 1.40 bits per heavy atom. The summed E-state index contributed by atoms with van der Waals surface area (Å²) in [5.74, 6) is 1.76. The molecule has 1 atom stereocenters. The number of thiophene rings is 1. The second-order valence-electron chi connectivity index (χ2n) is 5.41.